The number of fused-ring (bicyclic) bond motifs is 1. The van der Waals surface area contributed by atoms with Crippen molar-refractivity contribution in [2.75, 3.05) is 64.0 Å². The number of hydrogen-bond donors (Lipinski definition) is 2. The number of hydrogen-bond acceptors (Lipinski definition) is 10. The number of amides is 1. The van der Waals surface area contributed by atoms with E-state index >= 15 is 0 Å². The van der Waals surface area contributed by atoms with Crippen LogP contribution in [0.5, 0.6) is 11.5 Å². The van der Waals surface area contributed by atoms with Gasteiger partial charge >= 0.3 is 0 Å². The van der Waals surface area contributed by atoms with Gasteiger partial charge in [-0.2, -0.15) is 10.2 Å². The first-order chi connectivity index (χ1) is 20.2. The monoisotopic (exact) mass is 568 g/mol. The van der Waals surface area contributed by atoms with Gasteiger partial charge in [-0.05, 0) is 56.6 Å². The Balaban J connectivity index is 1.82. The summed E-state index contributed by atoms with van der Waals surface area (Å²) in [4.78, 5) is 38.7. The van der Waals surface area contributed by atoms with Crippen LogP contribution in [0.1, 0.15) is 5.56 Å². The molecule has 42 heavy (non-hydrogen) atoms. The van der Waals surface area contributed by atoms with Crippen molar-refractivity contribution in [3.8, 4) is 23.3 Å². The van der Waals surface area contributed by atoms with Crippen LogP contribution in [-0.4, -0.2) is 73.8 Å². The van der Waals surface area contributed by atoms with Gasteiger partial charge in [-0.25, -0.2) is 4.98 Å². The Labute approximate surface area is 243 Å². The van der Waals surface area contributed by atoms with E-state index in [1.54, 1.807) is 37.4 Å². The van der Waals surface area contributed by atoms with E-state index < -0.39 is 5.56 Å². The van der Waals surface area contributed by atoms with Crippen molar-refractivity contribution in [1.29, 1.82) is 5.26 Å². The Hall–Kier alpha value is -5.41. The molecule has 0 atom stereocenters. The number of nitrogens with zero attached hydrogens (tertiary/aromatic N) is 6. The first-order valence-electron chi connectivity index (χ1n) is 12.9. The number of likely N-dealkylation sites (N-methyl/N-ethyl adjacent to an activating group) is 2. The van der Waals surface area contributed by atoms with Crippen LogP contribution in [0.4, 0.5) is 23.0 Å². The van der Waals surface area contributed by atoms with E-state index in [-0.39, 0.29) is 17.4 Å². The molecule has 0 fully saturated rings. The highest BCUT2D eigenvalue weighted by atomic mass is 16.5. The lowest BCUT2D eigenvalue weighted by molar-refractivity contribution is -0.111. The van der Waals surface area contributed by atoms with Gasteiger partial charge in [0.15, 0.2) is 5.65 Å². The van der Waals surface area contributed by atoms with Crippen LogP contribution >= 0.6 is 0 Å². The molecule has 0 spiro atoms. The van der Waals surface area contributed by atoms with E-state index in [0.717, 1.165) is 12.2 Å². The quantitative estimate of drug-likeness (QED) is 0.259. The molecule has 2 aromatic heterocycles. The third-order valence-corrected chi connectivity index (χ3v) is 6.49. The van der Waals surface area contributed by atoms with Gasteiger partial charge in [0.1, 0.15) is 23.1 Å². The third kappa shape index (κ3) is 6.32. The summed E-state index contributed by atoms with van der Waals surface area (Å²) in [5.41, 5.74) is 1.99. The average molecular weight is 569 g/mol. The molecule has 0 aliphatic heterocycles. The summed E-state index contributed by atoms with van der Waals surface area (Å²) in [5.74, 6) is 0.898. The van der Waals surface area contributed by atoms with Gasteiger partial charge in [0, 0.05) is 37.8 Å². The average Bonchev–Trinajstić information content (AvgIpc) is 2.99. The van der Waals surface area contributed by atoms with Crippen molar-refractivity contribution >= 4 is 40.0 Å². The van der Waals surface area contributed by atoms with E-state index in [9.17, 15) is 14.9 Å². The lowest BCUT2D eigenvalue weighted by Crippen LogP contribution is -2.29. The lowest BCUT2D eigenvalue weighted by atomic mass is 10.2. The van der Waals surface area contributed by atoms with Gasteiger partial charge in [-0.15, -0.1) is 0 Å². The Morgan fingerprint density at radius 1 is 1.10 bits per heavy atom. The molecule has 4 aromatic rings. The summed E-state index contributed by atoms with van der Waals surface area (Å²) in [5, 5.41) is 16.1. The van der Waals surface area contributed by atoms with Gasteiger partial charge < -0.3 is 29.9 Å². The molecular weight excluding hydrogens is 536 g/mol. The number of rotatable bonds is 11. The molecule has 2 heterocycles. The van der Waals surface area contributed by atoms with Crippen molar-refractivity contribution < 1.29 is 14.3 Å². The zero-order valence-corrected chi connectivity index (χ0v) is 24.1. The maximum absolute atomic E-state index is 13.3. The van der Waals surface area contributed by atoms with Gasteiger partial charge in [-0.1, -0.05) is 6.58 Å². The van der Waals surface area contributed by atoms with Crippen LogP contribution in [0.15, 0.2) is 66.1 Å². The number of anilines is 4. The largest absolute Gasteiger partial charge is 0.497 e. The molecule has 12 heteroatoms. The second-order valence-electron chi connectivity index (χ2n) is 9.59. The van der Waals surface area contributed by atoms with E-state index in [1.165, 1.54) is 30.0 Å². The van der Waals surface area contributed by atoms with Crippen LogP contribution < -0.4 is 30.6 Å². The van der Waals surface area contributed by atoms with Gasteiger partial charge in [0.25, 0.3) is 5.56 Å². The van der Waals surface area contributed by atoms with E-state index in [1.807, 2.05) is 38.2 Å². The fourth-order valence-corrected chi connectivity index (χ4v) is 4.23. The van der Waals surface area contributed by atoms with E-state index in [0.29, 0.717) is 46.1 Å². The standard InChI is InChI=1S/C30H32N8O4/c1-7-27(39)33-23-15-24(26(42-6)16-25(23)37(4)13-12-36(2)3)34-30-32-18-20-14-19(17-31)29(40)38(28(20)35-30)21-8-10-22(41-5)11-9-21/h7-11,14-16,18H,1,12-13H2,2-6H3,(H,33,39)(H,32,34,35). The Morgan fingerprint density at radius 2 is 1.83 bits per heavy atom. The maximum atomic E-state index is 13.3. The number of carbonyl (C=O) groups is 1. The van der Waals surface area contributed by atoms with Crippen LogP contribution in [0, 0.1) is 11.3 Å². The number of carbonyl (C=O) groups excluding carboxylic acids is 1. The molecular formula is C30H32N8O4. The molecule has 2 N–H and O–H groups in total. The third-order valence-electron chi connectivity index (χ3n) is 6.49. The molecule has 216 valence electrons. The molecule has 0 radical (unpaired) electrons. The maximum Gasteiger partial charge on any atom is 0.274 e. The van der Waals surface area contributed by atoms with E-state index in [2.05, 4.69) is 32.1 Å². The van der Waals surface area contributed by atoms with Crippen LogP contribution in [-0.2, 0) is 4.79 Å². The van der Waals surface area contributed by atoms with Crippen molar-refractivity contribution in [2.24, 2.45) is 0 Å². The van der Waals surface area contributed by atoms with Crippen LogP contribution in [0.25, 0.3) is 16.7 Å². The summed E-state index contributed by atoms with van der Waals surface area (Å²) >= 11 is 0. The number of nitrogens with one attached hydrogen (secondary N) is 2. The highest BCUT2D eigenvalue weighted by molar-refractivity contribution is 6.02. The zero-order chi connectivity index (χ0) is 30.4. The van der Waals surface area contributed by atoms with Gasteiger partial charge in [0.2, 0.25) is 11.9 Å². The minimum absolute atomic E-state index is 0.0409. The molecule has 0 bridgehead atoms. The summed E-state index contributed by atoms with van der Waals surface area (Å²) in [6, 6.07) is 13.8. The highest BCUT2D eigenvalue weighted by Crippen LogP contribution is 2.38. The molecule has 0 aliphatic rings. The first kappa shape index (κ1) is 29.6. The van der Waals surface area contributed by atoms with Crippen molar-refractivity contribution in [1.82, 2.24) is 19.4 Å². The lowest BCUT2D eigenvalue weighted by Gasteiger charge is -2.26. The summed E-state index contributed by atoms with van der Waals surface area (Å²) in [6.07, 6.45) is 2.72. The highest BCUT2D eigenvalue weighted by Gasteiger charge is 2.18. The molecule has 0 saturated heterocycles. The second kappa shape index (κ2) is 12.8. The Kier molecular flexibility index (Phi) is 9.04. The summed E-state index contributed by atoms with van der Waals surface area (Å²) in [7, 11) is 8.99. The van der Waals surface area contributed by atoms with Crippen molar-refractivity contribution in [3.05, 3.63) is 77.2 Å². The number of aromatic nitrogens is 3. The first-order valence-corrected chi connectivity index (χ1v) is 12.9. The van der Waals surface area contributed by atoms with Crippen molar-refractivity contribution in [2.45, 2.75) is 0 Å². The van der Waals surface area contributed by atoms with Gasteiger partial charge in [0.05, 0.1) is 37.0 Å². The van der Waals surface area contributed by atoms with Crippen LogP contribution in [0.2, 0.25) is 0 Å². The molecule has 12 nitrogen and oxygen atoms in total. The molecule has 0 saturated carbocycles. The molecule has 0 aliphatic carbocycles. The molecule has 4 rings (SSSR count). The van der Waals surface area contributed by atoms with E-state index in [4.69, 9.17) is 9.47 Å². The molecule has 1 amide bonds. The normalized spacial score (nSPS) is 10.7. The molecule has 2 aromatic carbocycles. The topological polar surface area (TPSA) is 138 Å². The second-order valence-corrected chi connectivity index (χ2v) is 9.59. The Morgan fingerprint density at radius 3 is 2.45 bits per heavy atom. The van der Waals surface area contributed by atoms with Crippen molar-refractivity contribution in [3.63, 3.8) is 0 Å². The number of pyridine rings is 1. The number of benzene rings is 2. The fourth-order valence-electron chi connectivity index (χ4n) is 4.23. The number of nitriles is 1. The minimum Gasteiger partial charge on any atom is -0.497 e. The smallest absolute Gasteiger partial charge is 0.274 e. The summed E-state index contributed by atoms with van der Waals surface area (Å²) in [6.45, 7) is 5.05. The number of methoxy groups -OCH3 is 2. The fraction of sp³-hybridized carbons (Fsp3) is 0.233. The predicted octanol–water partition coefficient (Wildman–Crippen LogP) is 3.54. The Bertz CT molecular complexity index is 1730. The number of ether oxygens (including phenoxy) is 2. The zero-order valence-electron chi connectivity index (χ0n) is 24.1. The van der Waals surface area contributed by atoms with Crippen LogP contribution in [0.3, 0.4) is 0 Å². The van der Waals surface area contributed by atoms with Gasteiger partial charge in [-0.3, -0.25) is 14.2 Å². The SMILES string of the molecule is C=CC(=O)Nc1cc(Nc2ncc3cc(C#N)c(=O)n(-c4ccc(OC)cc4)c3n2)c(OC)cc1N(C)CCN(C)C. The predicted molar refractivity (Wildman–Crippen MR) is 163 cm³/mol. The summed E-state index contributed by atoms with van der Waals surface area (Å²) < 4.78 is 12.3. The minimum atomic E-state index is -0.517. The molecule has 0 unspecified atom stereocenters.